The Morgan fingerprint density at radius 1 is 1.23 bits per heavy atom. The second-order valence-corrected chi connectivity index (χ2v) is 8.69. The molecule has 0 radical (unpaired) electrons. The van der Waals surface area contributed by atoms with Gasteiger partial charge < -0.3 is 4.74 Å². The first-order chi connectivity index (χ1) is 14.3. The van der Waals surface area contributed by atoms with Crippen molar-refractivity contribution in [3.8, 4) is 11.7 Å². The SMILES string of the molecule is C=C/C(=C\C=C(/C)F)c1nc(OC2CCCCC2)nn1-c1ccc(S(N)(=O)=O)cc1. The van der Waals surface area contributed by atoms with Crippen LogP contribution < -0.4 is 9.88 Å². The van der Waals surface area contributed by atoms with Crippen molar-refractivity contribution in [2.24, 2.45) is 5.14 Å². The number of allylic oxidation sites excluding steroid dienone is 5. The van der Waals surface area contributed by atoms with E-state index in [1.165, 1.54) is 36.2 Å². The number of primary sulfonamides is 1. The van der Waals surface area contributed by atoms with E-state index in [1.807, 2.05) is 0 Å². The lowest BCUT2D eigenvalue weighted by molar-refractivity contribution is 0.142. The molecule has 30 heavy (non-hydrogen) atoms. The van der Waals surface area contributed by atoms with Gasteiger partial charge in [-0.15, -0.1) is 5.10 Å². The van der Waals surface area contributed by atoms with Crippen molar-refractivity contribution in [1.82, 2.24) is 14.8 Å². The monoisotopic (exact) mass is 432 g/mol. The van der Waals surface area contributed by atoms with E-state index in [4.69, 9.17) is 9.88 Å². The highest BCUT2D eigenvalue weighted by Crippen LogP contribution is 2.26. The quantitative estimate of drug-likeness (QED) is 0.665. The molecule has 0 unspecified atom stereocenters. The van der Waals surface area contributed by atoms with Crippen LogP contribution in [-0.4, -0.2) is 29.3 Å². The number of ether oxygens (including phenoxy) is 1. The molecule has 1 heterocycles. The Kier molecular flexibility index (Phi) is 6.84. The Morgan fingerprint density at radius 2 is 1.90 bits per heavy atom. The van der Waals surface area contributed by atoms with Gasteiger partial charge in [-0.3, -0.25) is 0 Å². The Bertz CT molecular complexity index is 1060. The number of nitrogens with zero attached hydrogens (tertiary/aromatic N) is 3. The predicted molar refractivity (Wildman–Crippen MR) is 113 cm³/mol. The Morgan fingerprint density at radius 3 is 2.47 bits per heavy atom. The van der Waals surface area contributed by atoms with E-state index < -0.39 is 10.0 Å². The highest BCUT2D eigenvalue weighted by Gasteiger charge is 2.20. The maximum Gasteiger partial charge on any atom is 0.336 e. The summed E-state index contributed by atoms with van der Waals surface area (Å²) in [5.41, 5.74) is 1.09. The van der Waals surface area contributed by atoms with Gasteiger partial charge in [-0.2, -0.15) is 4.98 Å². The number of aromatic nitrogens is 3. The van der Waals surface area contributed by atoms with Crippen LogP contribution in [0.4, 0.5) is 4.39 Å². The third kappa shape index (κ3) is 5.43. The van der Waals surface area contributed by atoms with Gasteiger partial charge in [-0.05, 0) is 69.0 Å². The average molecular weight is 433 g/mol. The van der Waals surface area contributed by atoms with Crippen LogP contribution in [0.1, 0.15) is 44.9 Å². The summed E-state index contributed by atoms with van der Waals surface area (Å²) >= 11 is 0. The molecule has 0 bridgehead atoms. The van der Waals surface area contributed by atoms with Crippen LogP contribution in [-0.2, 0) is 10.0 Å². The van der Waals surface area contributed by atoms with Gasteiger partial charge in [0.2, 0.25) is 10.0 Å². The van der Waals surface area contributed by atoms with Crippen LogP contribution in [0.15, 0.2) is 59.8 Å². The van der Waals surface area contributed by atoms with E-state index >= 15 is 0 Å². The zero-order valence-electron chi connectivity index (χ0n) is 16.8. The lowest BCUT2D eigenvalue weighted by Crippen LogP contribution is -2.20. The molecule has 0 spiro atoms. The van der Waals surface area contributed by atoms with Gasteiger partial charge in [0, 0.05) is 5.57 Å². The third-order valence-corrected chi connectivity index (χ3v) is 5.72. The van der Waals surface area contributed by atoms with Gasteiger partial charge in [0.25, 0.3) is 0 Å². The van der Waals surface area contributed by atoms with E-state index in [1.54, 1.807) is 24.3 Å². The van der Waals surface area contributed by atoms with E-state index in [0.717, 1.165) is 25.7 Å². The molecule has 9 heteroatoms. The number of hydrogen-bond donors (Lipinski definition) is 1. The number of hydrogen-bond acceptors (Lipinski definition) is 5. The first-order valence-corrected chi connectivity index (χ1v) is 11.3. The number of nitrogens with two attached hydrogens (primary N) is 1. The minimum atomic E-state index is -3.81. The van der Waals surface area contributed by atoms with Gasteiger partial charge in [-0.25, -0.2) is 22.6 Å². The molecule has 0 aliphatic heterocycles. The van der Waals surface area contributed by atoms with Crippen LogP contribution in [0.25, 0.3) is 11.3 Å². The molecule has 0 atom stereocenters. The van der Waals surface area contributed by atoms with Crippen LogP contribution in [0.5, 0.6) is 6.01 Å². The van der Waals surface area contributed by atoms with Gasteiger partial charge in [-0.1, -0.05) is 19.1 Å². The zero-order chi connectivity index (χ0) is 21.7. The summed E-state index contributed by atoms with van der Waals surface area (Å²) in [6.45, 7) is 5.12. The van der Waals surface area contributed by atoms with Crippen LogP contribution in [0, 0.1) is 0 Å². The summed E-state index contributed by atoms with van der Waals surface area (Å²) in [6.07, 6.45) is 9.74. The molecule has 2 aromatic rings. The number of sulfonamides is 1. The van der Waals surface area contributed by atoms with Crippen molar-refractivity contribution in [3.63, 3.8) is 0 Å². The first kappa shape index (κ1) is 21.9. The number of halogens is 1. The van der Waals surface area contributed by atoms with Crippen molar-refractivity contribution in [2.45, 2.75) is 50.0 Å². The second-order valence-electron chi connectivity index (χ2n) is 7.13. The molecule has 0 saturated heterocycles. The fourth-order valence-corrected chi connectivity index (χ4v) is 3.77. The Labute approximate surface area is 175 Å². The van der Waals surface area contributed by atoms with Crippen LogP contribution in [0.2, 0.25) is 0 Å². The van der Waals surface area contributed by atoms with Crippen molar-refractivity contribution in [3.05, 3.63) is 60.7 Å². The van der Waals surface area contributed by atoms with Gasteiger partial charge in [0.05, 0.1) is 16.4 Å². The van der Waals surface area contributed by atoms with Crippen molar-refractivity contribution < 1.29 is 17.5 Å². The highest BCUT2D eigenvalue weighted by atomic mass is 32.2. The third-order valence-electron chi connectivity index (χ3n) is 4.79. The number of rotatable bonds is 7. The molecule has 0 amide bonds. The lowest BCUT2D eigenvalue weighted by Gasteiger charge is -2.20. The minimum absolute atomic E-state index is 0.0120. The predicted octanol–water partition coefficient (Wildman–Crippen LogP) is 4.07. The summed E-state index contributed by atoms with van der Waals surface area (Å²) in [5.74, 6) is 0.0354. The van der Waals surface area contributed by atoms with Crippen LogP contribution in [0.3, 0.4) is 0 Å². The van der Waals surface area contributed by atoms with Gasteiger partial charge in [0.15, 0.2) is 5.82 Å². The molecule has 1 aromatic heterocycles. The smallest absolute Gasteiger partial charge is 0.336 e. The molecule has 1 saturated carbocycles. The standard InChI is InChI=1S/C21H25FN4O3S/c1-3-16(10-9-15(2)22)20-24-21(29-18-7-5-4-6-8-18)25-26(20)17-11-13-19(14-12-17)30(23,27)28/h3,9-14,18H,1,4-8H2,2H3,(H2,23,27,28)/b15-9+,16-10+. The fraction of sp³-hybridized carbons (Fsp3) is 0.333. The van der Waals surface area contributed by atoms with Gasteiger partial charge >= 0.3 is 6.01 Å². The van der Waals surface area contributed by atoms with Crippen LogP contribution >= 0.6 is 0 Å². The summed E-state index contributed by atoms with van der Waals surface area (Å²) in [5, 5.41) is 9.64. The maximum atomic E-state index is 13.3. The fourth-order valence-electron chi connectivity index (χ4n) is 3.26. The van der Waals surface area contributed by atoms with Crippen molar-refractivity contribution in [1.29, 1.82) is 0 Å². The first-order valence-electron chi connectivity index (χ1n) is 9.72. The highest BCUT2D eigenvalue weighted by molar-refractivity contribution is 7.89. The molecule has 1 aliphatic rings. The molecule has 1 aromatic carbocycles. The van der Waals surface area contributed by atoms with Gasteiger partial charge in [0.1, 0.15) is 6.10 Å². The molecule has 7 nitrogen and oxygen atoms in total. The molecule has 2 N–H and O–H groups in total. The van der Waals surface area contributed by atoms with E-state index in [-0.39, 0.29) is 22.8 Å². The molecule has 1 fully saturated rings. The minimum Gasteiger partial charge on any atom is -0.459 e. The molecule has 160 valence electrons. The Balaban J connectivity index is 2.03. The van der Waals surface area contributed by atoms with E-state index in [2.05, 4.69) is 16.7 Å². The molecular formula is C21H25FN4O3S. The average Bonchev–Trinajstić information content (AvgIpc) is 3.12. The van der Waals surface area contributed by atoms with E-state index in [0.29, 0.717) is 17.1 Å². The van der Waals surface area contributed by atoms with Crippen molar-refractivity contribution in [2.75, 3.05) is 0 Å². The maximum absolute atomic E-state index is 13.3. The Hall–Kier alpha value is -2.78. The van der Waals surface area contributed by atoms with E-state index in [9.17, 15) is 12.8 Å². The van der Waals surface area contributed by atoms with Crippen molar-refractivity contribution >= 4 is 15.6 Å². The lowest BCUT2D eigenvalue weighted by atomic mass is 9.98. The summed E-state index contributed by atoms with van der Waals surface area (Å²) in [7, 11) is -3.81. The number of benzene rings is 1. The normalized spacial score (nSPS) is 16.5. The molecular weight excluding hydrogens is 407 g/mol. The second kappa shape index (κ2) is 9.36. The topological polar surface area (TPSA) is 100 Å². The zero-order valence-corrected chi connectivity index (χ0v) is 17.6. The summed E-state index contributed by atoms with van der Waals surface area (Å²) in [4.78, 5) is 4.48. The largest absolute Gasteiger partial charge is 0.459 e. The summed E-state index contributed by atoms with van der Waals surface area (Å²) in [6, 6.07) is 6.13. The molecule has 3 rings (SSSR count). The molecule has 1 aliphatic carbocycles. The summed E-state index contributed by atoms with van der Waals surface area (Å²) < 4.78 is 43.8.